The molecule has 1 aromatic heterocycles. The molecule has 1 saturated heterocycles. The first kappa shape index (κ1) is 29.0. The van der Waals surface area contributed by atoms with Gasteiger partial charge in [-0.3, -0.25) is 14.6 Å². The van der Waals surface area contributed by atoms with Gasteiger partial charge in [-0.1, -0.05) is 31.6 Å². The fraction of sp³-hybridized carbons (Fsp3) is 0.481. The van der Waals surface area contributed by atoms with Gasteiger partial charge in [-0.25, -0.2) is 13.4 Å². The molecule has 38 heavy (non-hydrogen) atoms. The van der Waals surface area contributed by atoms with Crippen LogP contribution in [0.4, 0.5) is 5.13 Å². The number of carbonyl (C=O) groups excluding carboxylic acids is 1. The highest BCUT2D eigenvalue weighted by atomic mass is 32.2. The van der Waals surface area contributed by atoms with Crippen molar-refractivity contribution in [3.63, 3.8) is 0 Å². The summed E-state index contributed by atoms with van der Waals surface area (Å²) in [7, 11) is -3.61. The number of sulfonamides is 1. The molecule has 0 spiro atoms. The van der Waals surface area contributed by atoms with E-state index in [0.717, 1.165) is 41.0 Å². The highest BCUT2D eigenvalue weighted by Crippen LogP contribution is 2.32. The number of carbonyl (C=O) groups is 1. The number of rotatable bonds is 12. The Morgan fingerprint density at radius 2 is 1.84 bits per heavy atom. The van der Waals surface area contributed by atoms with Gasteiger partial charge in [0, 0.05) is 49.7 Å². The molecular weight excluding hydrogens is 541 g/mol. The van der Waals surface area contributed by atoms with E-state index in [1.165, 1.54) is 15.6 Å². The number of benzene rings is 2. The first-order chi connectivity index (χ1) is 18.4. The largest absolute Gasteiger partial charge is 0.379 e. The number of thioether (sulfide) groups is 1. The van der Waals surface area contributed by atoms with E-state index in [-0.39, 0.29) is 10.8 Å². The van der Waals surface area contributed by atoms with E-state index in [2.05, 4.69) is 11.0 Å². The maximum absolute atomic E-state index is 13.8. The van der Waals surface area contributed by atoms with Crippen LogP contribution in [-0.2, 0) is 14.8 Å². The summed E-state index contributed by atoms with van der Waals surface area (Å²) in [6.07, 6.45) is 3.77. The quantitative estimate of drug-likeness (QED) is 0.286. The van der Waals surface area contributed by atoms with Gasteiger partial charge < -0.3 is 4.74 Å². The zero-order valence-electron chi connectivity index (χ0n) is 22.3. The monoisotopic (exact) mass is 576 g/mol. The molecule has 0 radical (unpaired) electrons. The van der Waals surface area contributed by atoms with Crippen LogP contribution < -0.4 is 4.90 Å². The van der Waals surface area contributed by atoms with E-state index < -0.39 is 10.0 Å². The third-order valence-electron chi connectivity index (χ3n) is 6.66. The van der Waals surface area contributed by atoms with E-state index in [4.69, 9.17) is 9.72 Å². The highest BCUT2D eigenvalue weighted by molar-refractivity contribution is 7.98. The van der Waals surface area contributed by atoms with E-state index in [1.54, 1.807) is 40.9 Å². The number of fused-ring (bicyclic) bond motifs is 1. The molecule has 0 atom stereocenters. The number of ether oxygens (including phenoxy) is 1. The van der Waals surface area contributed by atoms with Crippen molar-refractivity contribution in [2.75, 3.05) is 63.6 Å². The Hall–Kier alpha value is -2.02. The van der Waals surface area contributed by atoms with Gasteiger partial charge in [0.2, 0.25) is 10.0 Å². The van der Waals surface area contributed by atoms with Gasteiger partial charge >= 0.3 is 0 Å². The molecule has 2 heterocycles. The van der Waals surface area contributed by atoms with Gasteiger partial charge in [0.1, 0.15) is 0 Å². The lowest BCUT2D eigenvalue weighted by atomic mass is 10.2. The maximum Gasteiger partial charge on any atom is 0.260 e. The number of thiazole rings is 1. The van der Waals surface area contributed by atoms with Crippen LogP contribution >= 0.6 is 23.1 Å². The molecule has 2 aromatic carbocycles. The van der Waals surface area contributed by atoms with Crippen molar-refractivity contribution in [3.05, 3.63) is 48.0 Å². The van der Waals surface area contributed by atoms with Crippen LogP contribution in [0.25, 0.3) is 10.2 Å². The van der Waals surface area contributed by atoms with Gasteiger partial charge in [-0.15, -0.1) is 11.8 Å². The molecule has 0 N–H and O–H groups in total. The number of unbranched alkanes of at least 4 members (excludes halogenated alkanes) is 1. The Balaban J connectivity index is 1.60. The molecule has 4 rings (SSSR count). The number of anilines is 1. The fourth-order valence-corrected chi connectivity index (χ4v) is 7.37. The van der Waals surface area contributed by atoms with Crippen molar-refractivity contribution in [2.45, 2.75) is 36.5 Å². The summed E-state index contributed by atoms with van der Waals surface area (Å²) in [5.74, 6) is -0.190. The molecule has 0 bridgehead atoms. The van der Waals surface area contributed by atoms with Crippen molar-refractivity contribution >= 4 is 54.4 Å². The molecule has 1 amide bonds. The lowest BCUT2D eigenvalue weighted by molar-refractivity contribution is 0.0391. The van der Waals surface area contributed by atoms with Crippen molar-refractivity contribution in [2.24, 2.45) is 0 Å². The minimum Gasteiger partial charge on any atom is -0.379 e. The summed E-state index contributed by atoms with van der Waals surface area (Å²) in [6.45, 7) is 9.01. The van der Waals surface area contributed by atoms with Crippen molar-refractivity contribution < 1.29 is 17.9 Å². The number of hydrogen-bond donors (Lipinski definition) is 0. The van der Waals surface area contributed by atoms with Gasteiger partial charge in [0.25, 0.3) is 5.91 Å². The molecule has 1 fully saturated rings. The summed E-state index contributed by atoms with van der Waals surface area (Å²) in [5, 5.41) is 0.643. The first-order valence-corrected chi connectivity index (χ1v) is 16.5. The molecule has 1 aliphatic rings. The van der Waals surface area contributed by atoms with Crippen molar-refractivity contribution in [1.82, 2.24) is 14.2 Å². The summed E-state index contributed by atoms with van der Waals surface area (Å²) >= 11 is 3.17. The third kappa shape index (κ3) is 6.75. The SMILES string of the molecule is CCCCN(CC)S(=O)(=O)c1ccc(C(=O)N(CCN2CCOCC2)c2nc3ccc(SC)cc3s2)cc1. The molecule has 0 saturated carbocycles. The minimum absolute atomic E-state index is 0.190. The summed E-state index contributed by atoms with van der Waals surface area (Å²) in [4.78, 5) is 23.9. The lowest BCUT2D eigenvalue weighted by Gasteiger charge is -2.29. The third-order valence-corrected chi connectivity index (χ3v) is 10.4. The summed E-state index contributed by atoms with van der Waals surface area (Å²) in [6, 6.07) is 12.4. The van der Waals surface area contributed by atoms with E-state index in [9.17, 15) is 13.2 Å². The Kier molecular flexibility index (Phi) is 10.2. The normalized spacial score (nSPS) is 14.8. The highest BCUT2D eigenvalue weighted by Gasteiger charge is 2.26. The average Bonchev–Trinajstić information content (AvgIpc) is 3.37. The second-order valence-electron chi connectivity index (χ2n) is 9.12. The van der Waals surface area contributed by atoms with Crippen molar-refractivity contribution in [3.8, 4) is 0 Å². The Bertz CT molecular complexity index is 1320. The number of aromatic nitrogens is 1. The molecule has 11 heteroatoms. The maximum atomic E-state index is 13.8. The molecular formula is C27H36N4O4S3. The number of morpholine rings is 1. The van der Waals surface area contributed by atoms with Crippen LogP contribution in [0.5, 0.6) is 0 Å². The van der Waals surface area contributed by atoms with Gasteiger partial charge in [-0.05, 0) is 55.1 Å². The van der Waals surface area contributed by atoms with E-state index >= 15 is 0 Å². The van der Waals surface area contributed by atoms with Gasteiger partial charge in [0.05, 0.1) is 28.3 Å². The molecule has 206 valence electrons. The summed E-state index contributed by atoms with van der Waals surface area (Å²) < 4.78 is 34.3. The van der Waals surface area contributed by atoms with E-state index in [0.29, 0.717) is 50.1 Å². The zero-order valence-corrected chi connectivity index (χ0v) is 24.7. The Morgan fingerprint density at radius 1 is 1.11 bits per heavy atom. The predicted molar refractivity (Wildman–Crippen MR) is 156 cm³/mol. The molecule has 1 aliphatic heterocycles. The molecule has 0 unspecified atom stereocenters. The Morgan fingerprint density at radius 3 is 2.50 bits per heavy atom. The van der Waals surface area contributed by atoms with Crippen LogP contribution in [0, 0.1) is 0 Å². The smallest absolute Gasteiger partial charge is 0.260 e. The number of nitrogens with zero attached hydrogens (tertiary/aromatic N) is 4. The fourth-order valence-electron chi connectivity index (χ4n) is 4.34. The molecule has 0 aliphatic carbocycles. The second kappa shape index (κ2) is 13.4. The minimum atomic E-state index is -3.61. The van der Waals surface area contributed by atoms with E-state index in [1.807, 2.05) is 32.2 Å². The van der Waals surface area contributed by atoms with Gasteiger partial charge in [0.15, 0.2) is 5.13 Å². The van der Waals surface area contributed by atoms with Crippen LogP contribution in [0.1, 0.15) is 37.0 Å². The Labute approximate surface area is 234 Å². The van der Waals surface area contributed by atoms with Crippen LogP contribution in [0.15, 0.2) is 52.3 Å². The number of hydrogen-bond acceptors (Lipinski definition) is 8. The standard InChI is InChI=1S/C27H36N4O4S3/c1-4-6-13-30(5-2)38(33,34)23-10-7-21(8-11-23)26(32)31(15-14-29-16-18-35-19-17-29)27-28-24-12-9-22(36-3)20-25(24)37-27/h7-12,20H,4-6,13-19H2,1-3H3. The second-order valence-corrected chi connectivity index (χ2v) is 12.9. The average molecular weight is 577 g/mol. The number of amides is 1. The van der Waals surface area contributed by atoms with Crippen LogP contribution in [-0.4, -0.2) is 87.3 Å². The van der Waals surface area contributed by atoms with Gasteiger partial charge in [-0.2, -0.15) is 4.31 Å². The van der Waals surface area contributed by atoms with Crippen LogP contribution in [0.2, 0.25) is 0 Å². The molecule has 8 nitrogen and oxygen atoms in total. The summed E-state index contributed by atoms with van der Waals surface area (Å²) in [5.41, 5.74) is 1.30. The van der Waals surface area contributed by atoms with Crippen LogP contribution in [0.3, 0.4) is 0 Å². The van der Waals surface area contributed by atoms with Crippen molar-refractivity contribution in [1.29, 1.82) is 0 Å². The lowest BCUT2D eigenvalue weighted by Crippen LogP contribution is -2.43. The topological polar surface area (TPSA) is 83.1 Å². The first-order valence-electron chi connectivity index (χ1n) is 13.0. The predicted octanol–water partition coefficient (Wildman–Crippen LogP) is 4.81. The molecule has 3 aromatic rings. The zero-order chi connectivity index (χ0) is 27.1.